The van der Waals surface area contributed by atoms with Crippen molar-refractivity contribution >= 4 is 35.4 Å². The SMILES string of the molecule is Fc1cc(C=Cc2cc(F)c(Cl)c(F)c2)cc(F)c1Cl. The molecule has 0 aromatic heterocycles. The maximum absolute atomic E-state index is 13.2. The van der Waals surface area contributed by atoms with Crippen LogP contribution in [-0.2, 0) is 0 Å². The van der Waals surface area contributed by atoms with Gasteiger partial charge >= 0.3 is 0 Å². The molecule has 0 unspecified atom stereocenters. The van der Waals surface area contributed by atoms with Gasteiger partial charge in [0, 0.05) is 0 Å². The van der Waals surface area contributed by atoms with Gasteiger partial charge in [-0.2, -0.15) is 0 Å². The van der Waals surface area contributed by atoms with Crippen molar-refractivity contribution in [2.24, 2.45) is 0 Å². The Morgan fingerprint density at radius 3 is 1.10 bits per heavy atom. The molecule has 0 heterocycles. The molecule has 0 N–H and O–H groups in total. The van der Waals surface area contributed by atoms with Crippen LogP contribution >= 0.6 is 23.2 Å². The van der Waals surface area contributed by atoms with Crippen LogP contribution in [0.1, 0.15) is 11.1 Å². The predicted octanol–water partition coefficient (Wildman–Crippen LogP) is 5.72. The third kappa shape index (κ3) is 3.14. The van der Waals surface area contributed by atoms with Gasteiger partial charge in [-0.15, -0.1) is 0 Å². The van der Waals surface area contributed by atoms with Crippen molar-refractivity contribution in [3.05, 3.63) is 68.7 Å². The van der Waals surface area contributed by atoms with Crippen LogP contribution in [0.5, 0.6) is 0 Å². The minimum atomic E-state index is -0.917. The maximum atomic E-state index is 13.2. The molecule has 0 nitrogen and oxygen atoms in total. The van der Waals surface area contributed by atoms with Crippen LogP contribution < -0.4 is 0 Å². The molecule has 0 aliphatic heterocycles. The summed E-state index contributed by atoms with van der Waals surface area (Å²) in [5, 5.41) is -1.21. The van der Waals surface area contributed by atoms with Crippen LogP contribution in [0.3, 0.4) is 0 Å². The molecular weight excluding hydrogens is 315 g/mol. The third-order valence-corrected chi connectivity index (χ3v) is 3.20. The molecule has 20 heavy (non-hydrogen) atoms. The first-order chi connectivity index (χ1) is 9.38. The molecular formula is C14H6Cl2F4. The quantitative estimate of drug-likeness (QED) is 0.377. The second-order valence-electron chi connectivity index (χ2n) is 3.93. The average Bonchev–Trinajstić information content (AvgIpc) is 2.39. The molecule has 0 saturated heterocycles. The Bertz CT molecular complexity index is 590. The van der Waals surface area contributed by atoms with Gasteiger partial charge in [0.05, 0.1) is 0 Å². The molecule has 0 saturated carbocycles. The minimum absolute atomic E-state index is 0.167. The zero-order valence-electron chi connectivity index (χ0n) is 9.73. The van der Waals surface area contributed by atoms with Gasteiger partial charge in [0.2, 0.25) is 0 Å². The first-order valence-corrected chi connectivity index (χ1v) is 6.11. The molecule has 0 fully saturated rings. The highest BCUT2D eigenvalue weighted by molar-refractivity contribution is 6.31. The predicted molar refractivity (Wildman–Crippen MR) is 71.7 cm³/mol. The average molecular weight is 321 g/mol. The summed E-state index contributed by atoms with van der Waals surface area (Å²) in [6, 6.07) is 4.02. The van der Waals surface area contributed by atoms with Crippen molar-refractivity contribution in [2.45, 2.75) is 0 Å². The molecule has 2 aromatic carbocycles. The lowest BCUT2D eigenvalue weighted by molar-refractivity contribution is 0.582. The van der Waals surface area contributed by atoms with E-state index in [2.05, 4.69) is 0 Å². The highest BCUT2D eigenvalue weighted by Gasteiger charge is 2.09. The molecule has 2 aromatic rings. The van der Waals surface area contributed by atoms with Crippen molar-refractivity contribution in [1.82, 2.24) is 0 Å². The Morgan fingerprint density at radius 2 is 0.850 bits per heavy atom. The van der Waals surface area contributed by atoms with Gasteiger partial charge in [-0.05, 0) is 35.4 Å². The van der Waals surface area contributed by atoms with E-state index < -0.39 is 33.3 Å². The lowest BCUT2D eigenvalue weighted by Crippen LogP contribution is -1.87. The van der Waals surface area contributed by atoms with Crippen LogP contribution in [0.2, 0.25) is 10.0 Å². The van der Waals surface area contributed by atoms with E-state index in [1.54, 1.807) is 0 Å². The van der Waals surface area contributed by atoms with Crippen LogP contribution in [0.25, 0.3) is 12.2 Å². The summed E-state index contributed by atoms with van der Waals surface area (Å²) in [7, 11) is 0. The number of hydrogen-bond acceptors (Lipinski definition) is 0. The Hall–Kier alpha value is -1.52. The summed E-state index contributed by atoms with van der Waals surface area (Å²) in [4.78, 5) is 0. The third-order valence-electron chi connectivity index (χ3n) is 2.48. The van der Waals surface area contributed by atoms with E-state index in [0.717, 1.165) is 24.3 Å². The summed E-state index contributed by atoms with van der Waals surface area (Å²) in [5.41, 5.74) is 0.334. The Morgan fingerprint density at radius 1 is 0.600 bits per heavy atom. The van der Waals surface area contributed by atoms with Gasteiger partial charge in [-0.1, -0.05) is 35.4 Å². The Labute approximate surface area is 122 Å². The zero-order chi connectivity index (χ0) is 14.9. The summed E-state index contributed by atoms with van der Waals surface area (Å²) >= 11 is 10.7. The van der Waals surface area contributed by atoms with E-state index in [1.807, 2.05) is 0 Å². The van der Waals surface area contributed by atoms with E-state index in [4.69, 9.17) is 23.2 Å². The topological polar surface area (TPSA) is 0 Å². The minimum Gasteiger partial charge on any atom is -0.205 e. The molecule has 0 atom stereocenters. The standard InChI is InChI=1S/C14H6Cl2F4/c15-13-9(17)3-7(4-10(13)18)1-2-8-5-11(19)14(16)12(20)6-8/h1-6H. The fourth-order valence-corrected chi connectivity index (χ4v) is 1.75. The lowest BCUT2D eigenvalue weighted by atomic mass is 10.1. The fraction of sp³-hybridized carbons (Fsp3) is 0. The second kappa shape index (κ2) is 5.85. The fourth-order valence-electron chi connectivity index (χ4n) is 1.54. The molecule has 0 spiro atoms. The molecule has 0 bridgehead atoms. The van der Waals surface area contributed by atoms with Gasteiger partial charge < -0.3 is 0 Å². The van der Waals surface area contributed by atoms with Crippen LogP contribution in [0, 0.1) is 23.3 Å². The first-order valence-electron chi connectivity index (χ1n) is 5.35. The van der Waals surface area contributed by atoms with Gasteiger partial charge in [0.25, 0.3) is 0 Å². The molecule has 0 aliphatic carbocycles. The Kier molecular flexibility index (Phi) is 4.35. The normalized spacial score (nSPS) is 11.3. The van der Waals surface area contributed by atoms with Crippen molar-refractivity contribution in [1.29, 1.82) is 0 Å². The monoisotopic (exact) mass is 320 g/mol. The van der Waals surface area contributed by atoms with Gasteiger partial charge in [-0.25, -0.2) is 17.6 Å². The van der Waals surface area contributed by atoms with Crippen molar-refractivity contribution in [2.75, 3.05) is 0 Å². The highest BCUT2D eigenvalue weighted by Crippen LogP contribution is 2.23. The van der Waals surface area contributed by atoms with Gasteiger partial charge in [-0.3, -0.25) is 0 Å². The first kappa shape index (κ1) is 14.9. The Balaban J connectivity index is 2.35. The maximum Gasteiger partial charge on any atom is 0.145 e. The molecule has 104 valence electrons. The van der Waals surface area contributed by atoms with Crippen LogP contribution in [0.4, 0.5) is 17.6 Å². The highest BCUT2D eigenvalue weighted by atomic mass is 35.5. The summed E-state index contributed by atoms with van der Waals surface area (Å²) in [5.74, 6) is -3.67. The largest absolute Gasteiger partial charge is 0.205 e. The molecule has 0 radical (unpaired) electrons. The number of hydrogen-bond donors (Lipinski definition) is 0. The summed E-state index contributed by atoms with van der Waals surface area (Å²) in [6.07, 6.45) is 2.59. The summed E-state index contributed by atoms with van der Waals surface area (Å²) in [6.45, 7) is 0. The van der Waals surface area contributed by atoms with E-state index >= 15 is 0 Å². The molecule has 6 heteroatoms. The van der Waals surface area contributed by atoms with Crippen LogP contribution in [-0.4, -0.2) is 0 Å². The molecule has 2 rings (SSSR count). The lowest BCUT2D eigenvalue weighted by Gasteiger charge is -2.01. The van der Waals surface area contributed by atoms with Gasteiger partial charge in [0.15, 0.2) is 0 Å². The van der Waals surface area contributed by atoms with Crippen molar-refractivity contribution in [3.63, 3.8) is 0 Å². The van der Waals surface area contributed by atoms with E-state index in [9.17, 15) is 17.6 Å². The number of rotatable bonds is 2. The van der Waals surface area contributed by atoms with Crippen LogP contribution in [0.15, 0.2) is 24.3 Å². The van der Waals surface area contributed by atoms with E-state index in [0.29, 0.717) is 0 Å². The van der Waals surface area contributed by atoms with Crippen molar-refractivity contribution < 1.29 is 17.6 Å². The smallest absolute Gasteiger partial charge is 0.145 e. The van der Waals surface area contributed by atoms with E-state index in [-0.39, 0.29) is 11.1 Å². The second-order valence-corrected chi connectivity index (χ2v) is 4.69. The molecule has 0 amide bonds. The zero-order valence-corrected chi connectivity index (χ0v) is 11.2. The molecule has 0 aliphatic rings. The van der Waals surface area contributed by atoms with Crippen molar-refractivity contribution in [3.8, 4) is 0 Å². The van der Waals surface area contributed by atoms with Gasteiger partial charge in [0.1, 0.15) is 33.3 Å². The van der Waals surface area contributed by atoms with E-state index in [1.165, 1.54) is 12.2 Å². The number of benzene rings is 2. The number of halogens is 6. The summed E-state index contributed by atoms with van der Waals surface area (Å²) < 4.78 is 52.8.